The fourth-order valence-corrected chi connectivity index (χ4v) is 1.80. The Labute approximate surface area is 120 Å². The van der Waals surface area contributed by atoms with Crippen LogP contribution in [0.5, 0.6) is 0 Å². The third-order valence-electron chi connectivity index (χ3n) is 2.76. The van der Waals surface area contributed by atoms with Gasteiger partial charge < -0.3 is 10.6 Å². The summed E-state index contributed by atoms with van der Waals surface area (Å²) in [7, 11) is 1.71. The van der Waals surface area contributed by atoms with Gasteiger partial charge in [-0.1, -0.05) is 6.92 Å². The normalized spacial score (nSPS) is 10.5. The van der Waals surface area contributed by atoms with Gasteiger partial charge in [0.05, 0.1) is 0 Å². The van der Waals surface area contributed by atoms with Crippen LogP contribution in [0.25, 0.3) is 0 Å². The first kappa shape index (κ1) is 15.1. The Kier molecular flexibility index (Phi) is 4.62. The van der Waals surface area contributed by atoms with Gasteiger partial charge in [0.25, 0.3) is 0 Å². The zero-order valence-corrected chi connectivity index (χ0v) is 11.7. The summed E-state index contributed by atoms with van der Waals surface area (Å²) in [6.45, 7) is 1.99. The van der Waals surface area contributed by atoms with E-state index in [1.54, 1.807) is 13.1 Å². The summed E-state index contributed by atoms with van der Waals surface area (Å²) in [6.07, 6.45) is 1.54. The molecule has 2 aromatic rings. The summed E-state index contributed by atoms with van der Waals surface area (Å²) in [6, 6.07) is 3.34. The molecule has 0 bridgehead atoms. The Balaban J connectivity index is 2.32. The van der Waals surface area contributed by atoms with E-state index in [0.29, 0.717) is 23.9 Å². The number of halogens is 3. The summed E-state index contributed by atoms with van der Waals surface area (Å²) < 4.78 is 39.3. The van der Waals surface area contributed by atoms with Crippen LogP contribution in [0.4, 0.5) is 30.5 Å². The van der Waals surface area contributed by atoms with Gasteiger partial charge in [-0.2, -0.15) is 0 Å². The SMILES string of the molecule is CCCc1nc(NC)cc(Nc2cc(F)c(F)c(F)c2)n1. The second-order valence-corrected chi connectivity index (χ2v) is 4.43. The van der Waals surface area contributed by atoms with Crippen molar-refractivity contribution in [2.75, 3.05) is 17.7 Å². The number of nitrogens with one attached hydrogen (secondary N) is 2. The molecule has 2 N–H and O–H groups in total. The van der Waals surface area contributed by atoms with Crippen LogP contribution in [0.2, 0.25) is 0 Å². The summed E-state index contributed by atoms with van der Waals surface area (Å²) in [5.74, 6) is -2.44. The topological polar surface area (TPSA) is 49.8 Å². The highest BCUT2D eigenvalue weighted by atomic mass is 19.2. The van der Waals surface area contributed by atoms with Crippen molar-refractivity contribution in [2.24, 2.45) is 0 Å². The third-order valence-corrected chi connectivity index (χ3v) is 2.76. The molecule has 0 aliphatic heterocycles. The molecule has 0 amide bonds. The Morgan fingerprint density at radius 1 is 1.00 bits per heavy atom. The highest BCUT2D eigenvalue weighted by molar-refractivity contribution is 5.59. The highest BCUT2D eigenvalue weighted by Crippen LogP contribution is 2.22. The van der Waals surface area contributed by atoms with E-state index in [-0.39, 0.29) is 5.69 Å². The molecular weight excluding hydrogens is 281 g/mol. The largest absolute Gasteiger partial charge is 0.373 e. The first-order valence-electron chi connectivity index (χ1n) is 6.50. The van der Waals surface area contributed by atoms with Gasteiger partial charge in [-0.25, -0.2) is 23.1 Å². The molecule has 21 heavy (non-hydrogen) atoms. The molecule has 0 unspecified atom stereocenters. The van der Waals surface area contributed by atoms with Gasteiger partial charge >= 0.3 is 0 Å². The van der Waals surface area contributed by atoms with Crippen molar-refractivity contribution in [1.82, 2.24) is 9.97 Å². The van der Waals surface area contributed by atoms with Crippen LogP contribution < -0.4 is 10.6 Å². The molecule has 1 aromatic carbocycles. The summed E-state index contributed by atoms with van der Waals surface area (Å²) in [5.41, 5.74) is 0.0783. The maximum atomic E-state index is 13.2. The number of nitrogens with zero attached hydrogens (tertiary/aromatic N) is 2. The number of aryl methyl sites for hydroxylation is 1. The number of hydrogen-bond donors (Lipinski definition) is 2. The fourth-order valence-electron chi connectivity index (χ4n) is 1.80. The molecule has 0 fully saturated rings. The van der Waals surface area contributed by atoms with E-state index in [9.17, 15) is 13.2 Å². The van der Waals surface area contributed by atoms with Crippen molar-refractivity contribution < 1.29 is 13.2 Å². The maximum absolute atomic E-state index is 13.2. The summed E-state index contributed by atoms with van der Waals surface area (Å²) in [4.78, 5) is 8.51. The summed E-state index contributed by atoms with van der Waals surface area (Å²) >= 11 is 0. The number of anilines is 3. The molecule has 0 spiro atoms. The van der Waals surface area contributed by atoms with E-state index in [4.69, 9.17) is 0 Å². The standard InChI is InChI=1S/C14H15F3N4/c1-3-4-11-20-12(18-2)7-13(21-11)19-8-5-9(15)14(17)10(16)6-8/h5-7H,3-4H2,1-2H3,(H2,18,19,20,21). The quantitative estimate of drug-likeness (QED) is 0.827. The predicted octanol–water partition coefficient (Wildman–Crippen LogP) is 3.63. The molecule has 0 saturated heterocycles. The molecule has 2 rings (SSSR count). The monoisotopic (exact) mass is 296 g/mol. The molecule has 0 aliphatic carbocycles. The maximum Gasteiger partial charge on any atom is 0.194 e. The minimum absolute atomic E-state index is 0.0783. The average molecular weight is 296 g/mol. The van der Waals surface area contributed by atoms with E-state index < -0.39 is 17.5 Å². The molecular formula is C14H15F3N4. The Morgan fingerprint density at radius 3 is 2.19 bits per heavy atom. The minimum atomic E-state index is -1.49. The molecule has 0 atom stereocenters. The van der Waals surface area contributed by atoms with Gasteiger partial charge in [0, 0.05) is 37.4 Å². The number of rotatable bonds is 5. The van der Waals surface area contributed by atoms with Gasteiger partial charge in [-0.05, 0) is 6.42 Å². The van der Waals surface area contributed by atoms with E-state index >= 15 is 0 Å². The molecule has 0 radical (unpaired) electrons. The van der Waals surface area contributed by atoms with E-state index in [1.165, 1.54) is 0 Å². The second kappa shape index (κ2) is 6.43. The lowest BCUT2D eigenvalue weighted by Gasteiger charge is -2.10. The zero-order valence-electron chi connectivity index (χ0n) is 11.7. The Hall–Kier alpha value is -2.31. The Morgan fingerprint density at radius 2 is 1.62 bits per heavy atom. The lowest BCUT2D eigenvalue weighted by atomic mass is 10.2. The van der Waals surface area contributed by atoms with Crippen LogP contribution in [0.15, 0.2) is 18.2 Å². The first-order chi connectivity index (χ1) is 10.0. The van der Waals surface area contributed by atoms with Crippen molar-refractivity contribution >= 4 is 17.3 Å². The van der Waals surface area contributed by atoms with Crippen LogP contribution in [-0.4, -0.2) is 17.0 Å². The molecule has 0 aliphatic rings. The van der Waals surface area contributed by atoms with Crippen LogP contribution >= 0.6 is 0 Å². The molecule has 0 saturated carbocycles. The zero-order chi connectivity index (χ0) is 15.4. The lowest BCUT2D eigenvalue weighted by molar-refractivity contribution is 0.448. The number of aromatic nitrogens is 2. The van der Waals surface area contributed by atoms with E-state index in [0.717, 1.165) is 18.6 Å². The van der Waals surface area contributed by atoms with Gasteiger partial charge in [-0.3, -0.25) is 0 Å². The molecule has 4 nitrogen and oxygen atoms in total. The van der Waals surface area contributed by atoms with Crippen molar-refractivity contribution in [1.29, 1.82) is 0 Å². The van der Waals surface area contributed by atoms with Crippen LogP contribution in [0, 0.1) is 17.5 Å². The van der Waals surface area contributed by atoms with Crippen molar-refractivity contribution in [3.05, 3.63) is 41.5 Å². The summed E-state index contributed by atoms with van der Waals surface area (Å²) in [5, 5.41) is 5.63. The molecule has 7 heteroatoms. The van der Waals surface area contributed by atoms with Crippen LogP contribution in [-0.2, 0) is 6.42 Å². The predicted molar refractivity (Wildman–Crippen MR) is 75.2 cm³/mol. The van der Waals surface area contributed by atoms with Gasteiger partial charge in [0.1, 0.15) is 17.5 Å². The first-order valence-corrected chi connectivity index (χ1v) is 6.50. The minimum Gasteiger partial charge on any atom is -0.373 e. The van der Waals surface area contributed by atoms with Crippen molar-refractivity contribution in [3.63, 3.8) is 0 Å². The van der Waals surface area contributed by atoms with Gasteiger partial charge in [0.2, 0.25) is 0 Å². The molecule has 1 heterocycles. The third kappa shape index (κ3) is 3.62. The molecule has 1 aromatic heterocycles. The van der Waals surface area contributed by atoms with E-state index in [2.05, 4.69) is 20.6 Å². The molecule has 112 valence electrons. The van der Waals surface area contributed by atoms with Crippen LogP contribution in [0.1, 0.15) is 19.2 Å². The second-order valence-electron chi connectivity index (χ2n) is 4.43. The average Bonchev–Trinajstić information content (AvgIpc) is 2.44. The number of benzene rings is 1. The van der Waals surface area contributed by atoms with Crippen molar-refractivity contribution in [3.8, 4) is 0 Å². The highest BCUT2D eigenvalue weighted by Gasteiger charge is 2.11. The van der Waals surface area contributed by atoms with Crippen LogP contribution in [0.3, 0.4) is 0 Å². The lowest BCUT2D eigenvalue weighted by Crippen LogP contribution is -2.04. The fraction of sp³-hybridized carbons (Fsp3) is 0.286. The number of hydrogen-bond acceptors (Lipinski definition) is 4. The smallest absolute Gasteiger partial charge is 0.194 e. The van der Waals surface area contributed by atoms with E-state index in [1.807, 2.05) is 6.92 Å². The van der Waals surface area contributed by atoms with Crippen molar-refractivity contribution in [2.45, 2.75) is 19.8 Å². The van der Waals surface area contributed by atoms with Gasteiger partial charge in [0.15, 0.2) is 17.5 Å². The Bertz CT molecular complexity index is 623. The van der Waals surface area contributed by atoms with Gasteiger partial charge in [-0.15, -0.1) is 0 Å².